The standard InChI is InChI=1S/C13H16N4O2S/c1-7-8(2)16-10(18)9(15-7)11(19)17-13(3,4)12-14-5-6-20-12/h5-6H,1-4H3,(H,16,18)(H,17,19). The molecule has 1 amide bonds. The van der Waals surface area contributed by atoms with Gasteiger partial charge in [-0.2, -0.15) is 0 Å². The number of thiazole rings is 1. The number of aryl methyl sites for hydroxylation is 2. The Morgan fingerprint density at radius 3 is 2.70 bits per heavy atom. The van der Waals surface area contributed by atoms with Crippen molar-refractivity contribution in [3.05, 3.63) is 44.0 Å². The molecule has 0 spiro atoms. The molecule has 0 atom stereocenters. The lowest BCUT2D eigenvalue weighted by molar-refractivity contribution is 0.0904. The van der Waals surface area contributed by atoms with Crippen LogP contribution < -0.4 is 10.9 Å². The fourth-order valence-corrected chi connectivity index (χ4v) is 2.42. The minimum Gasteiger partial charge on any atom is -0.339 e. The van der Waals surface area contributed by atoms with Crippen LogP contribution in [-0.2, 0) is 5.54 Å². The molecule has 0 saturated heterocycles. The van der Waals surface area contributed by atoms with Crippen LogP contribution in [0.4, 0.5) is 0 Å². The van der Waals surface area contributed by atoms with Gasteiger partial charge in [-0.25, -0.2) is 9.97 Å². The third-order valence-corrected chi connectivity index (χ3v) is 4.04. The van der Waals surface area contributed by atoms with E-state index in [9.17, 15) is 9.59 Å². The Morgan fingerprint density at radius 2 is 2.10 bits per heavy atom. The highest BCUT2D eigenvalue weighted by molar-refractivity contribution is 7.09. The first-order valence-electron chi connectivity index (χ1n) is 6.11. The number of nitrogens with one attached hydrogen (secondary N) is 2. The van der Waals surface area contributed by atoms with Crippen molar-refractivity contribution in [2.75, 3.05) is 0 Å². The molecule has 2 aromatic heterocycles. The highest BCUT2D eigenvalue weighted by Crippen LogP contribution is 2.22. The average Bonchev–Trinajstić information content (AvgIpc) is 2.87. The summed E-state index contributed by atoms with van der Waals surface area (Å²) in [4.78, 5) is 34.9. The van der Waals surface area contributed by atoms with Gasteiger partial charge < -0.3 is 10.3 Å². The third-order valence-electron chi connectivity index (χ3n) is 2.95. The molecule has 0 radical (unpaired) electrons. The van der Waals surface area contributed by atoms with E-state index < -0.39 is 17.0 Å². The summed E-state index contributed by atoms with van der Waals surface area (Å²) in [6, 6.07) is 0. The Hall–Kier alpha value is -2.02. The summed E-state index contributed by atoms with van der Waals surface area (Å²) in [6.45, 7) is 7.15. The van der Waals surface area contributed by atoms with Crippen LogP contribution in [0.2, 0.25) is 0 Å². The van der Waals surface area contributed by atoms with Crippen LogP contribution in [0.25, 0.3) is 0 Å². The number of carbonyl (C=O) groups excluding carboxylic acids is 1. The molecular formula is C13H16N4O2S. The zero-order valence-electron chi connectivity index (χ0n) is 11.8. The molecule has 0 aliphatic heterocycles. The van der Waals surface area contributed by atoms with Crippen LogP contribution in [0.3, 0.4) is 0 Å². The van der Waals surface area contributed by atoms with E-state index in [1.807, 2.05) is 19.2 Å². The van der Waals surface area contributed by atoms with Crippen LogP contribution in [-0.4, -0.2) is 20.9 Å². The van der Waals surface area contributed by atoms with Crippen molar-refractivity contribution in [3.63, 3.8) is 0 Å². The fourth-order valence-electron chi connectivity index (χ4n) is 1.70. The molecule has 6 nitrogen and oxygen atoms in total. The van der Waals surface area contributed by atoms with Crippen molar-refractivity contribution >= 4 is 17.2 Å². The number of nitrogens with zero attached hydrogens (tertiary/aromatic N) is 2. The van der Waals surface area contributed by atoms with Crippen LogP contribution in [0, 0.1) is 13.8 Å². The van der Waals surface area contributed by atoms with Gasteiger partial charge in [0.2, 0.25) is 0 Å². The molecule has 2 rings (SSSR count). The highest BCUT2D eigenvalue weighted by atomic mass is 32.1. The summed E-state index contributed by atoms with van der Waals surface area (Å²) >= 11 is 1.44. The van der Waals surface area contributed by atoms with E-state index in [1.165, 1.54) is 11.3 Å². The third kappa shape index (κ3) is 2.77. The van der Waals surface area contributed by atoms with E-state index in [4.69, 9.17) is 0 Å². The van der Waals surface area contributed by atoms with Gasteiger partial charge in [0, 0.05) is 17.3 Å². The zero-order valence-corrected chi connectivity index (χ0v) is 12.6. The molecular weight excluding hydrogens is 276 g/mol. The first-order valence-corrected chi connectivity index (χ1v) is 6.99. The van der Waals surface area contributed by atoms with Gasteiger partial charge >= 0.3 is 0 Å². The molecule has 0 saturated carbocycles. The van der Waals surface area contributed by atoms with Crippen LogP contribution in [0.5, 0.6) is 0 Å². The Balaban J connectivity index is 2.29. The summed E-state index contributed by atoms with van der Waals surface area (Å²) in [5, 5.41) is 5.40. The lowest BCUT2D eigenvalue weighted by Gasteiger charge is -2.23. The number of H-pyrrole nitrogens is 1. The maximum absolute atomic E-state index is 12.2. The van der Waals surface area contributed by atoms with Crippen LogP contribution in [0.1, 0.15) is 40.7 Å². The molecule has 0 aromatic carbocycles. The van der Waals surface area contributed by atoms with Crippen LogP contribution in [0.15, 0.2) is 16.4 Å². The second kappa shape index (κ2) is 5.16. The molecule has 2 aromatic rings. The largest absolute Gasteiger partial charge is 0.339 e. The van der Waals surface area contributed by atoms with Crippen LogP contribution >= 0.6 is 11.3 Å². The van der Waals surface area contributed by atoms with Gasteiger partial charge in [0.05, 0.1) is 11.2 Å². The van der Waals surface area contributed by atoms with Gasteiger partial charge in [0.1, 0.15) is 5.01 Å². The minimum absolute atomic E-state index is 0.127. The molecule has 0 unspecified atom stereocenters. The first kappa shape index (κ1) is 14.4. The maximum atomic E-state index is 12.2. The second-order valence-corrected chi connectivity index (χ2v) is 5.94. The van der Waals surface area contributed by atoms with E-state index in [0.717, 1.165) is 5.01 Å². The normalized spacial score (nSPS) is 11.4. The molecule has 106 valence electrons. The minimum atomic E-state index is -0.655. The average molecular weight is 292 g/mol. The Morgan fingerprint density at radius 1 is 1.40 bits per heavy atom. The monoisotopic (exact) mass is 292 g/mol. The number of hydrogen-bond acceptors (Lipinski definition) is 5. The van der Waals surface area contributed by atoms with E-state index in [2.05, 4.69) is 20.3 Å². The molecule has 2 N–H and O–H groups in total. The molecule has 0 aliphatic carbocycles. The fraction of sp³-hybridized carbons (Fsp3) is 0.385. The molecule has 0 fully saturated rings. The molecule has 7 heteroatoms. The Bertz CT molecular complexity index is 689. The second-order valence-electron chi connectivity index (χ2n) is 5.04. The predicted molar refractivity (Wildman–Crippen MR) is 76.9 cm³/mol. The predicted octanol–water partition coefficient (Wildman–Crippen LogP) is 1.51. The summed E-state index contributed by atoms with van der Waals surface area (Å²) in [5.41, 5.74) is 0.0174. The Kier molecular flexibility index (Phi) is 3.71. The summed E-state index contributed by atoms with van der Waals surface area (Å²) in [7, 11) is 0. The van der Waals surface area contributed by atoms with Crippen molar-refractivity contribution in [2.45, 2.75) is 33.2 Å². The van der Waals surface area contributed by atoms with Gasteiger partial charge in [0.15, 0.2) is 5.69 Å². The van der Waals surface area contributed by atoms with E-state index in [1.54, 1.807) is 20.0 Å². The number of aromatic amines is 1. The van der Waals surface area contributed by atoms with Crippen molar-refractivity contribution in [2.24, 2.45) is 0 Å². The number of carbonyl (C=O) groups is 1. The van der Waals surface area contributed by atoms with Gasteiger partial charge in [-0.1, -0.05) is 0 Å². The number of aromatic nitrogens is 3. The van der Waals surface area contributed by atoms with Crippen molar-refractivity contribution in [1.29, 1.82) is 0 Å². The summed E-state index contributed by atoms with van der Waals surface area (Å²) < 4.78 is 0. The van der Waals surface area contributed by atoms with Gasteiger partial charge in [-0.05, 0) is 27.7 Å². The molecule has 0 aliphatic rings. The summed E-state index contributed by atoms with van der Waals surface area (Å²) in [5.74, 6) is -0.505. The number of hydrogen-bond donors (Lipinski definition) is 2. The number of rotatable bonds is 3. The van der Waals surface area contributed by atoms with Crippen molar-refractivity contribution < 1.29 is 4.79 Å². The smallest absolute Gasteiger partial charge is 0.279 e. The molecule has 2 heterocycles. The first-order chi connectivity index (χ1) is 9.31. The maximum Gasteiger partial charge on any atom is 0.279 e. The van der Waals surface area contributed by atoms with Crippen molar-refractivity contribution in [1.82, 2.24) is 20.3 Å². The SMILES string of the molecule is Cc1nc(C(=O)NC(C)(C)c2nccs2)c(=O)[nH]c1C. The van der Waals surface area contributed by atoms with Gasteiger partial charge in [-0.15, -0.1) is 11.3 Å². The lowest BCUT2D eigenvalue weighted by atomic mass is 10.1. The number of amides is 1. The van der Waals surface area contributed by atoms with E-state index in [-0.39, 0.29) is 5.69 Å². The van der Waals surface area contributed by atoms with Crippen molar-refractivity contribution in [3.8, 4) is 0 Å². The van der Waals surface area contributed by atoms with E-state index in [0.29, 0.717) is 11.4 Å². The highest BCUT2D eigenvalue weighted by Gasteiger charge is 2.27. The Labute approximate surface area is 120 Å². The van der Waals surface area contributed by atoms with Gasteiger partial charge in [-0.3, -0.25) is 9.59 Å². The quantitative estimate of drug-likeness (QED) is 0.897. The van der Waals surface area contributed by atoms with Gasteiger partial charge in [0.25, 0.3) is 11.5 Å². The summed E-state index contributed by atoms with van der Waals surface area (Å²) in [6.07, 6.45) is 1.68. The molecule has 20 heavy (non-hydrogen) atoms. The topological polar surface area (TPSA) is 87.7 Å². The van der Waals surface area contributed by atoms with E-state index >= 15 is 0 Å². The molecule has 0 bridgehead atoms. The lowest BCUT2D eigenvalue weighted by Crippen LogP contribution is -2.43. The zero-order chi connectivity index (χ0) is 14.9.